The van der Waals surface area contributed by atoms with Crippen molar-refractivity contribution in [2.75, 3.05) is 0 Å². The lowest BCUT2D eigenvalue weighted by molar-refractivity contribution is 0.918. The zero-order valence-corrected chi connectivity index (χ0v) is 27.5. The summed E-state index contributed by atoms with van der Waals surface area (Å²) in [6.07, 6.45) is 41.8. The average molecular weight is 539 g/mol. The van der Waals surface area contributed by atoms with Crippen molar-refractivity contribution >= 4 is 0 Å². The summed E-state index contributed by atoms with van der Waals surface area (Å²) in [7, 11) is 0. The maximum atomic E-state index is 2.39. The Hall–Kier alpha value is -3.12. The Balaban J connectivity index is 4.60. The van der Waals surface area contributed by atoms with Gasteiger partial charge in [0.05, 0.1) is 0 Å². The zero-order chi connectivity index (χ0) is 30.2. The van der Waals surface area contributed by atoms with Gasteiger partial charge in [0.2, 0.25) is 0 Å². The van der Waals surface area contributed by atoms with E-state index in [4.69, 9.17) is 0 Å². The minimum absolute atomic E-state index is 1.11. The first-order chi connectivity index (χ1) is 19.0. The molecule has 0 N–H and O–H groups in total. The molecule has 218 valence electrons. The van der Waals surface area contributed by atoms with E-state index in [2.05, 4.69) is 166 Å². The van der Waals surface area contributed by atoms with Crippen molar-refractivity contribution in [3.8, 4) is 0 Å². The molecule has 0 radical (unpaired) electrons. The predicted molar refractivity (Wildman–Crippen MR) is 186 cm³/mol. The second-order valence-corrected chi connectivity index (χ2v) is 11.4. The molecule has 0 unspecified atom stereocenters. The smallest absolute Gasteiger partial charge is 0.0285 e. The number of hydrogen-bond donors (Lipinski definition) is 0. The number of hydrogen-bond acceptors (Lipinski definition) is 0. The molecule has 0 aliphatic rings. The predicted octanol–water partition coefficient (Wildman–Crippen LogP) is 13.2. The third-order valence-corrected chi connectivity index (χ3v) is 6.24. The van der Waals surface area contributed by atoms with Gasteiger partial charge in [-0.2, -0.15) is 0 Å². The van der Waals surface area contributed by atoms with Crippen LogP contribution in [0.15, 0.2) is 142 Å². The van der Waals surface area contributed by atoms with Crippen LogP contribution in [0.2, 0.25) is 0 Å². The van der Waals surface area contributed by atoms with Gasteiger partial charge in [-0.3, -0.25) is 0 Å². The molecule has 0 fully saturated rings. The second-order valence-electron chi connectivity index (χ2n) is 11.4. The molecular formula is C40H58. The summed E-state index contributed by atoms with van der Waals surface area (Å²) in [5, 5.41) is 0. The molecule has 0 atom stereocenters. The topological polar surface area (TPSA) is 0 Å². The van der Waals surface area contributed by atoms with Gasteiger partial charge in [-0.05, 0) is 108 Å². The Morgan fingerprint density at radius 1 is 0.350 bits per heavy atom. The highest BCUT2D eigenvalue weighted by Crippen LogP contribution is 2.12. The van der Waals surface area contributed by atoms with Crippen LogP contribution in [0.3, 0.4) is 0 Å². The molecule has 0 spiro atoms. The van der Waals surface area contributed by atoms with Crippen LogP contribution in [0, 0.1) is 0 Å². The fourth-order valence-corrected chi connectivity index (χ4v) is 3.65. The minimum Gasteiger partial charge on any atom is -0.0856 e. The van der Waals surface area contributed by atoms with E-state index < -0.39 is 0 Å². The van der Waals surface area contributed by atoms with Crippen LogP contribution in [-0.2, 0) is 0 Å². The van der Waals surface area contributed by atoms with Gasteiger partial charge in [0.1, 0.15) is 0 Å². The van der Waals surface area contributed by atoms with Crippen molar-refractivity contribution in [2.45, 2.75) is 108 Å². The highest BCUT2D eigenvalue weighted by Gasteiger charge is 1.91. The third kappa shape index (κ3) is 25.2. The third-order valence-electron chi connectivity index (χ3n) is 6.24. The standard InChI is InChI=1S/C40H58/c1-33(2)19-13-23-37(7)27-17-31-39(9)29-15-25-35(5)21-11-12-22-36(6)26-16-30-40(10)32-18-28-38(8)24-14-20-34(3)4/h11-12,15-17,19-22,25-31H,13-14,18,23-24,32H2,1-10H3. The first kappa shape index (κ1) is 36.9. The Morgan fingerprint density at radius 2 is 0.675 bits per heavy atom. The second kappa shape index (κ2) is 23.7. The van der Waals surface area contributed by atoms with Crippen LogP contribution < -0.4 is 0 Å². The van der Waals surface area contributed by atoms with Crippen molar-refractivity contribution in [1.29, 1.82) is 0 Å². The van der Waals surface area contributed by atoms with Gasteiger partial charge in [0.15, 0.2) is 0 Å². The molecule has 0 saturated heterocycles. The molecule has 0 nitrogen and oxygen atoms in total. The monoisotopic (exact) mass is 538 g/mol. The maximum Gasteiger partial charge on any atom is -0.0285 e. The van der Waals surface area contributed by atoms with Crippen molar-refractivity contribution < 1.29 is 0 Å². The van der Waals surface area contributed by atoms with Crippen LogP contribution in [0.4, 0.5) is 0 Å². The molecule has 0 heterocycles. The van der Waals surface area contributed by atoms with Gasteiger partial charge in [0, 0.05) is 0 Å². The Bertz CT molecular complexity index is 1100. The van der Waals surface area contributed by atoms with Gasteiger partial charge in [-0.25, -0.2) is 0 Å². The van der Waals surface area contributed by atoms with Gasteiger partial charge in [0.25, 0.3) is 0 Å². The van der Waals surface area contributed by atoms with Crippen molar-refractivity contribution in [1.82, 2.24) is 0 Å². The van der Waals surface area contributed by atoms with Crippen LogP contribution in [0.25, 0.3) is 0 Å². The van der Waals surface area contributed by atoms with Crippen LogP contribution in [-0.4, -0.2) is 0 Å². The van der Waals surface area contributed by atoms with Crippen LogP contribution in [0.1, 0.15) is 108 Å². The van der Waals surface area contributed by atoms with Gasteiger partial charge in [-0.1, -0.05) is 142 Å². The molecule has 0 bridgehead atoms. The van der Waals surface area contributed by atoms with Crippen molar-refractivity contribution in [3.63, 3.8) is 0 Å². The molecule has 0 amide bonds. The molecule has 0 saturated carbocycles. The summed E-state index contributed by atoms with van der Waals surface area (Å²) in [6.45, 7) is 21.7. The molecule has 0 aromatic carbocycles. The van der Waals surface area contributed by atoms with E-state index in [0.717, 1.165) is 32.1 Å². The SMILES string of the molecule is CC(C)=CCCC(C)=CC=CC(C)=CC=CC(C)=CC=CC=C(C)C=CC=C(C)CCC=C(C)CCC=C(C)C. The van der Waals surface area contributed by atoms with E-state index in [1.54, 1.807) is 0 Å². The molecule has 40 heavy (non-hydrogen) atoms. The van der Waals surface area contributed by atoms with Gasteiger partial charge in [-0.15, -0.1) is 0 Å². The Morgan fingerprint density at radius 3 is 1.07 bits per heavy atom. The summed E-state index contributed by atoms with van der Waals surface area (Å²) >= 11 is 0. The summed E-state index contributed by atoms with van der Waals surface area (Å²) < 4.78 is 0. The zero-order valence-electron chi connectivity index (χ0n) is 27.5. The van der Waals surface area contributed by atoms with E-state index in [1.807, 2.05) is 0 Å². The fraction of sp³-hybridized carbons (Fsp3) is 0.400. The number of allylic oxidation sites excluding steroid dienone is 24. The maximum absolute atomic E-state index is 2.39. The largest absolute Gasteiger partial charge is 0.0856 e. The van der Waals surface area contributed by atoms with E-state index in [-0.39, 0.29) is 0 Å². The number of rotatable bonds is 17. The molecule has 0 aromatic heterocycles. The quantitative estimate of drug-likeness (QED) is 0.128. The highest BCUT2D eigenvalue weighted by atomic mass is 14.0. The van der Waals surface area contributed by atoms with E-state index in [1.165, 1.54) is 51.0 Å². The highest BCUT2D eigenvalue weighted by molar-refractivity contribution is 5.31. The molecule has 0 heteroatoms. The molecule has 0 aliphatic heterocycles. The summed E-state index contributed by atoms with van der Waals surface area (Å²) in [4.78, 5) is 0. The lowest BCUT2D eigenvalue weighted by Gasteiger charge is -2.00. The molecule has 0 aromatic rings. The van der Waals surface area contributed by atoms with E-state index in [9.17, 15) is 0 Å². The van der Waals surface area contributed by atoms with Crippen LogP contribution >= 0.6 is 0 Å². The normalized spacial score (nSPS) is 14.8. The first-order valence-corrected chi connectivity index (χ1v) is 15.0. The first-order valence-electron chi connectivity index (χ1n) is 15.0. The summed E-state index contributed by atoms with van der Waals surface area (Å²) in [5.74, 6) is 0. The summed E-state index contributed by atoms with van der Waals surface area (Å²) in [5.41, 5.74) is 10.8. The molecule has 0 aliphatic carbocycles. The van der Waals surface area contributed by atoms with Crippen LogP contribution in [0.5, 0.6) is 0 Å². The molecular weight excluding hydrogens is 480 g/mol. The minimum atomic E-state index is 1.11. The lowest BCUT2D eigenvalue weighted by Crippen LogP contribution is -1.80. The van der Waals surface area contributed by atoms with Gasteiger partial charge >= 0.3 is 0 Å². The summed E-state index contributed by atoms with van der Waals surface area (Å²) in [6, 6.07) is 0. The van der Waals surface area contributed by atoms with Crippen molar-refractivity contribution in [3.05, 3.63) is 142 Å². The Kier molecular flexibility index (Phi) is 21.9. The fourth-order valence-electron chi connectivity index (χ4n) is 3.65. The Labute approximate surface area is 249 Å². The van der Waals surface area contributed by atoms with E-state index >= 15 is 0 Å². The average Bonchev–Trinajstić information content (AvgIpc) is 2.86. The van der Waals surface area contributed by atoms with Crippen molar-refractivity contribution in [2.24, 2.45) is 0 Å². The lowest BCUT2D eigenvalue weighted by atomic mass is 10.1. The van der Waals surface area contributed by atoms with Gasteiger partial charge < -0.3 is 0 Å². The molecule has 0 rings (SSSR count). The van der Waals surface area contributed by atoms with E-state index in [0.29, 0.717) is 0 Å².